The van der Waals surface area contributed by atoms with E-state index in [-0.39, 0.29) is 30.4 Å². The van der Waals surface area contributed by atoms with Gasteiger partial charge in [0.2, 0.25) is 5.91 Å². The van der Waals surface area contributed by atoms with Gasteiger partial charge < -0.3 is 10.5 Å². The number of hydrogen-bond acceptors (Lipinski definition) is 5. The molecule has 1 amide bonds. The minimum atomic E-state index is -0.867. The van der Waals surface area contributed by atoms with Crippen molar-refractivity contribution in [1.82, 2.24) is 4.90 Å². The first-order valence-electron chi connectivity index (χ1n) is 10.4. The van der Waals surface area contributed by atoms with E-state index in [4.69, 9.17) is 27.1 Å². The molecule has 2 aromatic carbocycles. The monoisotopic (exact) mass is 436 g/mol. The van der Waals surface area contributed by atoms with Crippen LogP contribution in [0, 0.1) is 11.3 Å². The number of nitriles is 1. The van der Waals surface area contributed by atoms with Gasteiger partial charge in [0.15, 0.2) is 5.96 Å². The molecule has 0 spiro atoms. The molecule has 1 fully saturated rings. The van der Waals surface area contributed by atoms with Crippen LogP contribution in [0.4, 0.5) is 0 Å². The molecule has 2 aliphatic heterocycles. The number of aliphatic imine (C=N–C) groups is 1. The predicted octanol–water partition coefficient (Wildman–Crippen LogP) is 4.21. The molecule has 1 saturated heterocycles. The Kier molecular flexibility index (Phi) is 5.74. The van der Waals surface area contributed by atoms with Gasteiger partial charge in [-0.15, -0.1) is 0 Å². The highest BCUT2D eigenvalue weighted by atomic mass is 35.5. The number of carbonyl (C=O) groups is 1. The van der Waals surface area contributed by atoms with Crippen LogP contribution in [0.2, 0.25) is 5.02 Å². The second-order valence-electron chi connectivity index (χ2n) is 8.40. The van der Waals surface area contributed by atoms with Crippen LogP contribution in [0.15, 0.2) is 47.5 Å². The summed E-state index contributed by atoms with van der Waals surface area (Å²) in [4.78, 5) is 19.6. The lowest BCUT2D eigenvalue weighted by Gasteiger charge is -2.41. The Morgan fingerprint density at radius 3 is 2.81 bits per heavy atom. The van der Waals surface area contributed by atoms with Crippen molar-refractivity contribution < 1.29 is 9.53 Å². The molecule has 160 valence electrons. The molecule has 3 atom stereocenters. The minimum Gasteiger partial charge on any atom is -0.378 e. The highest BCUT2D eigenvalue weighted by Crippen LogP contribution is 2.42. The number of carbonyl (C=O) groups excluding carboxylic acids is 1. The van der Waals surface area contributed by atoms with Crippen molar-refractivity contribution in [3.05, 3.63) is 58.6 Å². The lowest BCUT2D eigenvalue weighted by molar-refractivity contribution is -0.133. The molecule has 2 aliphatic rings. The van der Waals surface area contributed by atoms with Crippen LogP contribution in [-0.4, -0.2) is 35.5 Å². The first kappa shape index (κ1) is 21.4. The summed E-state index contributed by atoms with van der Waals surface area (Å²) in [6.07, 6.45) is 1.75. The van der Waals surface area contributed by atoms with Crippen LogP contribution in [0.3, 0.4) is 0 Å². The average Bonchev–Trinajstić information content (AvgIpc) is 2.73. The van der Waals surface area contributed by atoms with E-state index >= 15 is 0 Å². The first-order chi connectivity index (χ1) is 14.8. The van der Waals surface area contributed by atoms with Crippen molar-refractivity contribution in [1.29, 1.82) is 5.26 Å². The van der Waals surface area contributed by atoms with E-state index in [0.29, 0.717) is 17.2 Å². The zero-order valence-corrected chi connectivity index (χ0v) is 18.4. The fourth-order valence-electron chi connectivity index (χ4n) is 4.54. The van der Waals surface area contributed by atoms with Crippen molar-refractivity contribution in [2.24, 2.45) is 10.7 Å². The van der Waals surface area contributed by atoms with Gasteiger partial charge in [-0.1, -0.05) is 41.9 Å². The van der Waals surface area contributed by atoms with E-state index in [1.165, 1.54) is 0 Å². The van der Waals surface area contributed by atoms with Crippen LogP contribution >= 0.6 is 11.6 Å². The first-order valence-corrected chi connectivity index (χ1v) is 10.8. The largest absolute Gasteiger partial charge is 0.378 e. The van der Waals surface area contributed by atoms with Gasteiger partial charge in [-0.05, 0) is 49.9 Å². The second kappa shape index (κ2) is 8.33. The summed E-state index contributed by atoms with van der Waals surface area (Å²) in [6, 6.07) is 15.1. The Bertz CT molecular complexity index is 1090. The number of nitrogens with zero attached hydrogens (tertiary/aromatic N) is 3. The molecular formula is C24H25ClN4O2. The zero-order chi connectivity index (χ0) is 22.2. The van der Waals surface area contributed by atoms with Gasteiger partial charge in [-0.3, -0.25) is 9.69 Å². The van der Waals surface area contributed by atoms with Gasteiger partial charge in [-0.2, -0.15) is 5.26 Å². The maximum absolute atomic E-state index is 13.2. The molecule has 0 unspecified atom stereocenters. The Morgan fingerprint density at radius 2 is 2.10 bits per heavy atom. The van der Waals surface area contributed by atoms with Crippen LogP contribution in [0.25, 0.3) is 11.1 Å². The zero-order valence-electron chi connectivity index (χ0n) is 17.6. The van der Waals surface area contributed by atoms with Crippen molar-refractivity contribution in [2.75, 3.05) is 6.61 Å². The number of nitrogens with two attached hydrogens (primary N) is 1. The van der Waals surface area contributed by atoms with Gasteiger partial charge in [0, 0.05) is 18.2 Å². The van der Waals surface area contributed by atoms with Crippen molar-refractivity contribution in [3.63, 3.8) is 0 Å². The van der Waals surface area contributed by atoms with E-state index < -0.39 is 5.54 Å². The molecule has 31 heavy (non-hydrogen) atoms. The van der Waals surface area contributed by atoms with Gasteiger partial charge in [0.25, 0.3) is 0 Å². The maximum atomic E-state index is 13.2. The summed E-state index contributed by atoms with van der Waals surface area (Å²) in [5.74, 6) is 0.174. The molecule has 0 radical (unpaired) electrons. The number of rotatable bonds is 3. The lowest BCUT2D eigenvalue weighted by atomic mass is 9.85. The molecule has 6 nitrogen and oxygen atoms in total. The molecule has 2 aromatic rings. The number of hydrogen-bond donors (Lipinski definition) is 1. The fourth-order valence-corrected chi connectivity index (χ4v) is 4.97. The highest BCUT2D eigenvalue weighted by molar-refractivity contribution is 6.34. The molecule has 2 N–H and O–H groups in total. The predicted molar refractivity (Wildman–Crippen MR) is 120 cm³/mol. The van der Waals surface area contributed by atoms with E-state index in [9.17, 15) is 10.1 Å². The van der Waals surface area contributed by atoms with Gasteiger partial charge in [0.1, 0.15) is 0 Å². The average molecular weight is 437 g/mol. The number of halogens is 1. The standard InChI is InChI=1S/C24H25ClN4O2/c1-15-11-18(9-10-31-15)29-21(30)13-24(2,28-23(29)27)20-8-4-7-19(22(20)25)17-6-3-5-16(12-17)14-26/h3-8,12,15,18H,9-11,13H2,1-2H3,(H2,27,28)/t15-,18-,24-/m0/s1. The Morgan fingerprint density at radius 1 is 1.32 bits per heavy atom. The molecule has 4 rings (SSSR count). The molecule has 0 aliphatic carbocycles. The fraction of sp³-hybridized carbons (Fsp3) is 0.375. The molecule has 7 heteroatoms. The quantitative estimate of drug-likeness (QED) is 0.780. The van der Waals surface area contributed by atoms with Gasteiger partial charge in [0.05, 0.1) is 34.7 Å². The SMILES string of the molecule is C[C@H]1C[C@@H](N2C(=O)C[C@@](C)(c3cccc(-c4cccc(C#N)c4)c3Cl)N=C2N)CCO1. The molecule has 0 aromatic heterocycles. The van der Waals surface area contributed by atoms with Crippen LogP contribution < -0.4 is 5.73 Å². The molecular weight excluding hydrogens is 412 g/mol. The second-order valence-corrected chi connectivity index (χ2v) is 8.78. The summed E-state index contributed by atoms with van der Waals surface area (Å²) < 4.78 is 5.61. The molecule has 0 bridgehead atoms. The van der Waals surface area contributed by atoms with Crippen LogP contribution in [0.5, 0.6) is 0 Å². The van der Waals surface area contributed by atoms with E-state index in [0.717, 1.165) is 29.5 Å². The van der Waals surface area contributed by atoms with E-state index in [1.807, 2.05) is 44.2 Å². The summed E-state index contributed by atoms with van der Waals surface area (Å²) in [5.41, 5.74) is 8.39. The van der Waals surface area contributed by atoms with Crippen molar-refractivity contribution >= 4 is 23.5 Å². The lowest BCUT2D eigenvalue weighted by Crippen LogP contribution is -2.56. The summed E-state index contributed by atoms with van der Waals surface area (Å²) in [5, 5.41) is 9.73. The number of guanidine groups is 1. The van der Waals surface area contributed by atoms with Crippen molar-refractivity contribution in [2.45, 2.75) is 50.8 Å². The van der Waals surface area contributed by atoms with Gasteiger partial charge in [-0.25, -0.2) is 4.99 Å². The van der Waals surface area contributed by atoms with Gasteiger partial charge >= 0.3 is 0 Å². The smallest absolute Gasteiger partial charge is 0.232 e. The summed E-state index contributed by atoms with van der Waals surface area (Å²) >= 11 is 6.83. The van der Waals surface area contributed by atoms with E-state index in [1.54, 1.807) is 17.0 Å². The van der Waals surface area contributed by atoms with E-state index in [2.05, 4.69) is 6.07 Å². The number of benzene rings is 2. The maximum Gasteiger partial charge on any atom is 0.232 e. The highest BCUT2D eigenvalue weighted by Gasteiger charge is 2.42. The Hall–Kier alpha value is -2.88. The normalized spacial score (nSPS) is 26.3. The topological polar surface area (TPSA) is 91.7 Å². The Balaban J connectivity index is 1.71. The minimum absolute atomic E-state index is 0.0000720. The molecule has 0 saturated carbocycles. The Labute approximate surface area is 187 Å². The summed E-state index contributed by atoms with van der Waals surface area (Å²) in [7, 11) is 0. The third-order valence-corrected chi connectivity index (χ3v) is 6.48. The van der Waals surface area contributed by atoms with Crippen LogP contribution in [0.1, 0.15) is 44.2 Å². The van der Waals surface area contributed by atoms with Crippen LogP contribution in [-0.2, 0) is 15.1 Å². The molecule has 2 heterocycles. The third kappa shape index (κ3) is 4.04. The number of amides is 1. The third-order valence-electron chi connectivity index (χ3n) is 6.08. The summed E-state index contributed by atoms with van der Waals surface area (Å²) in [6.45, 7) is 4.50. The van der Waals surface area contributed by atoms with Crippen molar-refractivity contribution in [3.8, 4) is 17.2 Å². The number of ether oxygens (including phenoxy) is 1.